The van der Waals surface area contributed by atoms with Gasteiger partial charge in [0, 0.05) is 25.2 Å². The Labute approximate surface area is 89.4 Å². The standard InChI is InChI=1S/C11H16N2O2/c1-13-7-10(8-13)15-11-5-3-2-4-9(11)6-12-14/h2-5,10,12,14H,6-8H2,1H3. The molecule has 2 rings (SSSR count). The second-order valence-corrected chi connectivity index (χ2v) is 3.90. The summed E-state index contributed by atoms with van der Waals surface area (Å²) in [6.45, 7) is 2.36. The minimum absolute atomic E-state index is 0.287. The molecule has 0 bridgehead atoms. The van der Waals surface area contributed by atoms with Crippen molar-refractivity contribution in [1.29, 1.82) is 0 Å². The summed E-state index contributed by atoms with van der Waals surface area (Å²) in [7, 11) is 2.07. The van der Waals surface area contributed by atoms with Gasteiger partial charge in [-0.15, -0.1) is 0 Å². The highest BCUT2D eigenvalue weighted by Crippen LogP contribution is 2.21. The molecule has 82 valence electrons. The van der Waals surface area contributed by atoms with Crippen molar-refractivity contribution >= 4 is 0 Å². The second-order valence-electron chi connectivity index (χ2n) is 3.90. The van der Waals surface area contributed by atoms with Gasteiger partial charge in [-0.3, -0.25) is 4.90 Å². The number of ether oxygens (including phenoxy) is 1. The van der Waals surface area contributed by atoms with Gasteiger partial charge >= 0.3 is 0 Å². The van der Waals surface area contributed by atoms with Crippen molar-refractivity contribution in [3.8, 4) is 5.75 Å². The lowest BCUT2D eigenvalue weighted by Gasteiger charge is -2.36. The number of hydroxylamine groups is 1. The molecule has 1 aliphatic heterocycles. The Morgan fingerprint density at radius 2 is 2.20 bits per heavy atom. The highest BCUT2D eigenvalue weighted by Gasteiger charge is 2.25. The summed E-state index contributed by atoms with van der Waals surface area (Å²) in [6.07, 6.45) is 0.287. The third kappa shape index (κ3) is 2.47. The van der Waals surface area contributed by atoms with Crippen LogP contribution in [0.3, 0.4) is 0 Å². The highest BCUT2D eigenvalue weighted by atomic mass is 16.5. The first-order chi connectivity index (χ1) is 7.29. The Kier molecular flexibility index (Phi) is 3.20. The number of para-hydroxylation sites is 1. The lowest BCUT2D eigenvalue weighted by atomic mass is 10.1. The number of rotatable bonds is 4. The molecule has 0 saturated carbocycles. The predicted octanol–water partition coefficient (Wildman–Crippen LogP) is 0.858. The molecule has 0 amide bonds. The van der Waals surface area contributed by atoms with E-state index in [2.05, 4.69) is 17.4 Å². The lowest BCUT2D eigenvalue weighted by Crippen LogP contribution is -2.51. The molecule has 15 heavy (non-hydrogen) atoms. The van der Waals surface area contributed by atoms with Crippen molar-refractivity contribution in [2.75, 3.05) is 20.1 Å². The van der Waals surface area contributed by atoms with Gasteiger partial charge < -0.3 is 9.94 Å². The summed E-state index contributed by atoms with van der Waals surface area (Å²) in [5, 5.41) is 8.68. The van der Waals surface area contributed by atoms with E-state index in [1.165, 1.54) is 0 Å². The smallest absolute Gasteiger partial charge is 0.124 e. The van der Waals surface area contributed by atoms with Crippen LogP contribution in [0.2, 0.25) is 0 Å². The highest BCUT2D eigenvalue weighted by molar-refractivity contribution is 5.33. The monoisotopic (exact) mass is 208 g/mol. The molecular weight excluding hydrogens is 192 g/mol. The number of likely N-dealkylation sites (tertiary alicyclic amines) is 1. The maximum absolute atomic E-state index is 8.68. The summed E-state index contributed by atoms with van der Waals surface area (Å²) < 4.78 is 5.81. The molecule has 0 aromatic heterocycles. The lowest BCUT2D eigenvalue weighted by molar-refractivity contribution is 0.0375. The fourth-order valence-electron chi connectivity index (χ4n) is 1.75. The number of nitrogens with one attached hydrogen (secondary N) is 1. The van der Waals surface area contributed by atoms with E-state index >= 15 is 0 Å². The minimum Gasteiger partial charge on any atom is -0.487 e. The van der Waals surface area contributed by atoms with E-state index in [1.54, 1.807) is 0 Å². The van der Waals surface area contributed by atoms with Crippen LogP contribution < -0.4 is 10.2 Å². The molecule has 2 N–H and O–H groups in total. The second kappa shape index (κ2) is 4.61. The number of hydrogen-bond acceptors (Lipinski definition) is 4. The molecule has 1 aromatic rings. The molecule has 1 heterocycles. The van der Waals surface area contributed by atoms with E-state index < -0.39 is 0 Å². The van der Waals surface area contributed by atoms with Gasteiger partial charge in [-0.25, -0.2) is 5.48 Å². The van der Waals surface area contributed by atoms with E-state index in [1.807, 2.05) is 24.3 Å². The van der Waals surface area contributed by atoms with E-state index in [0.29, 0.717) is 6.54 Å². The number of likely N-dealkylation sites (N-methyl/N-ethyl adjacent to an activating group) is 1. The maximum atomic E-state index is 8.68. The summed E-state index contributed by atoms with van der Waals surface area (Å²) >= 11 is 0. The van der Waals surface area contributed by atoms with Crippen LogP contribution in [0.25, 0.3) is 0 Å². The van der Waals surface area contributed by atoms with Gasteiger partial charge in [-0.05, 0) is 13.1 Å². The maximum Gasteiger partial charge on any atom is 0.124 e. The number of nitrogens with zero attached hydrogens (tertiary/aromatic N) is 1. The van der Waals surface area contributed by atoms with Crippen LogP contribution in [-0.2, 0) is 6.54 Å². The third-order valence-corrected chi connectivity index (χ3v) is 2.57. The summed E-state index contributed by atoms with van der Waals surface area (Å²) in [5.41, 5.74) is 3.13. The normalized spacial score (nSPS) is 17.5. The fraction of sp³-hybridized carbons (Fsp3) is 0.455. The van der Waals surface area contributed by atoms with Crippen LogP contribution in [0.1, 0.15) is 5.56 Å². The van der Waals surface area contributed by atoms with E-state index in [-0.39, 0.29) is 6.10 Å². The Balaban J connectivity index is 2.00. The van der Waals surface area contributed by atoms with Gasteiger partial charge in [0.1, 0.15) is 11.9 Å². The summed E-state index contributed by atoms with van der Waals surface area (Å²) in [5.74, 6) is 0.858. The zero-order valence-corrected chi connectivity index (χ0v) is 8.81. The van der Waals surface area contributed by atoms with E-state index in [0.717, 1.165) is 24.4 Å². The zero-order valence-electron chi connectivity index (χ0n) is 8.81. The Bertz CT molecular complexity index is 324. The van der Waals surface area contributed by atoms with Gasteiger partial charge in [-0.2, -0.15) is 0 Å². The zero-order chi connectivity index (χ0) is 10.7. The fourth-order valence-corrected chi connectivity index (χ4v) is 1.75. The van der Waals surface area contributed by atoms with Crippen LogP contribution in [0.5, 0.6) is 5.75 Å². The molecule has 0 atom stereocenters. The van der Waals surface area contributed by atoms with Crippen molar-refractivity contribution in [3.63, 3.8) is 0 Å². The SMILES string of the molecule is CN1CC(Oc2ccccc2CNO)C1. The molecule has 1 aromatic carbocycles. The van der Waals surface area contributed by atoms with Crippen molar-refractivity contribution in [2.45, 2.75) is 12.6 Å². The van der Waals surface area contributed by atoms with Gasteiger partial charge in [0.2, 0.25) is 0 Å². The van der Waals surface area contributed by atoms with Crippen molar-refractivity contribution < 1.29 is 9.94 Å². The third-order valence-electron chi connectivity index (χ3n) is 2.57. The summed E-state index contributed by atoms with van der Waals surface area (Å²) in [6, 6.07) is 7.76. The molecule has 0 radical (unpaired) electrons. The van der Waals surface area contributed by atoms with Gasteiger partial charge in [0.15, 0.2) is 0 Å². The Hall–Kier alpha value is -1.10. The van der Waals surface area contributed by atoms with Crippen LogP contribution in [0.4, 0.5) is 0 Å². The first kappa shape index (κ1) is 10.4. The van der Waals surface area contributed by atoms with Gasteiger partial charge in [-0.1, -0.05) is 18.2 Å². The van der Waals surface area contributed by atoms with Crippen molar-refractivity contribution in [1.82, 2.24) is 10.4 Å². The molecule has 4 heteroatoms. The molecule has 0 unspecified atom stereocenters. The molecule has 0 aliphatic carbocycles. The number of hydrogen-bond donors (Lipinski definition) is 2. The Morgan fingerprint density at radius 3 is 2.87 bits per heavy atom. The molecule has 0 spiro atoms. The van der Waals surface area contributed by atoms with Gasteiger partial charge in [0.25, 0.3) is 0 Å². The average molecular weight is 208 g/mol. The minimum atomic E-state index is 0.287. The topological polar surface area (TPSA) is 44.7 Å². The average Bonchev–Trinajstić information content (AvgIpc) is 2.19. The predicted molar refractivity (Wildman–Crippen MR) is 57.0 cm³/mol. The molecule has 4 nitrogen and oxygen atoms in total. The van der Waals surface area contributed by atoms with E-state index in [4.69, 9.17) is 9.94 Å². The van der Waals surface area contributed by atoms with Gasteiger partial charge in [0.05, 0.1) is 0 Å². The first-order valence-electron chi connectivity index (χ1n) is 5.09. The van der Waals surface area contributed by atoms with Crippen LogP contribution in [0, 0.1) is 0 Å². The number of benzene rings is 1. The molecule has 1 aliphatic rings. The van der Waals surface area contributed by atoms with Crippen LogP contribution in [0.15, 0.2) is 24.3 Å². The largest absolute Gasteiger partial charge is 0.487 e. The first-order valence-corrected chi connectivity index (χ1v) is 5.09. The molecular formula is C11H16N2O2. The van der Waals surface area contributed by atoms with Crippen LogP contribution in [-0.4, -0.2) is 36.3 Å². The van der Waals surface area contributed by atoms with Crippen LogP contribution >= 0.6 is 0 Å². The Morgan fingerprint density at radius 1 is 1.47 bits per heavy atom. The molecule has 1 fully saturated rings. The quantitative estimate of drug-likeness (QED) is 0.720. The van der Waals surface area contributed by atoms with Crippen molar-refractivity contribution in [2.24, 2.45) is 0 Å². The van der Waals surface area contributed by atoms with Crippen molar-refractivity contribution in [3.05, 3.63) is 29.8 Å². The summed E-state index contributed by atoms with van der Waals surface area (Å²) in [4.78, 5) is 2.21. The van der Waals surface area contributed by atoms with E-state index in [9.17, 15) is 0 Å². The molecule has 1 saturated heterocycles.